The van der Waals surface area contributed by atoms with E-state index in [0.29, 0.717) is 18.9 Å². The van der Waals surface area contributed by atoms with Gasteiger partial charge in [0.1, 0.15) is 0 Å². The molecule has 1 atom stereocenters. The summed E-state index contributed by atoms with van der Waals surface area (Å²) in [6.45, 7) is 7.82. The molecule has 0 aromatic carbocycles. The molecule has 1 unspecified atom stereocenters. The molecule has 1 heterocycles. The third kappa shape index (κ3) is 3.35. The maximum atomic E-state index is 11.2. The Kier molecular flexibility index (Phi) is 4.22. The minimum atomic E-state index is -0.0366. The number of carbonyl (C=O) groups excluding carboxylic acids is 1. The molecular weight excluding hydrogens is 166 g/mol. The summed E-state index contributed by atoms with van der Waals surface area (Å²) in [6.07, 6.45) is 1.75. The van der Waals surface area contributed by atoms with Crippen LogP contribution in [-0.2, 0) is 9.53 Å². The molecule has 0 N–H and O–H groups in total. The summed E-state index contributed by atoms with van der Waals surface area (Å²) in [4.78, 5) is 13.5. The number of hydrogen-bond donors (Lipinski definition) is 0. The molecule has 0 bridgehead atoms. The number of hydrogen-bond acceptors (Lipinski definition) is 3. The van der Waals surface area contributed by atoms with Crippen molar-refractivity contribution in [2.45, 2.75) is 26.7 Å². The minimum Gasteiger partial charge on any atom is -0.466 e. The number of nitrogens with zero attached hydrogens (tertiary/aromatic N) is 1. The molecule has 3 heteroatoms. The molecule has 0 radical (unpaired) electrons. The van der Waals surface area contributed by atoms with E-state index in [1.807, 2.05) is 6.92 Å². The normalized spacial score (nSPS) is 23.4. The van der Waals surface area contributed by atoms with Gasteiger partial charge in [0.25, 0.3) is 0 Å². The monoisotopic (exact) mass is 185 g/mol. The topological polar surface area (TPSA) is 29.5 Å². The summed E-state index contributed by atoms with van der Waals surface area (Å²) in [7, 11) is 0. The Hall–Kier alpha value is -0.570. The fourth-order valence-corrected chi connectivity index (χ4v) is 1.82. The molecule has 1 rings (SSSR count). The van der Waals surface area contributed by atoms with Gasteiger partial charge in [0.15, 0.2) is 0 Å². The van der Waals surface area contributed by atoms with Crippen molar-refractivity contribution in [1.29, 1.82) is 0 Å². The van der Waals surface area contributed by atoms with Crippen molar-refractivity contribution in [2.24, 2.45) is 5.92 Å². The van der Waals surface area contributed by atoms with Gasteiger partial charge in [-0.3, -0.25) is 4.79 Å². The van der Waals surface area contributed by atoms with Crippen molar-refractivity contribution < 1.29 is 9.53 Å². The van der Waals surface area contributed by atoms with Crippen LogP contribution in [0.25, 0.3) is 0 Å². The lowest BCUT2D eigenvalue weighted by Gasteiger charge is -2.12. The smallest absolute Gasteiger partial charge is 0.306 e. The number of rotatable bonds is 4. The first-order valence-electron chi connectivity index (χ1n) is 5.14. The van der Waals surface area contributed by atoms with E-state index in [-0.39, 0.29) is 5.97 Å². The SMILES string of the molecule is CCOC(=O)CC1CCN(CC)C1. The van der Waals surface area contributed by atoms with E-state index >= 15 is 0 Å². The molecule has 76 valence electrons. The molecule has 1 aliphatic heterocycles. The summed E-state index contributed by atoms with van der Waals surface area (Å²) >= 11 is 0. The minimum absolute atomic E-state index is 0.0366. The van der Waals surface area contributed by atoms with Crippen molar-refractivity contribution >= 4 is 5.97 Å². The van der Waals surface area contributed by atoms with Crippen molar-refractivity contribution in [3.8, 4) is 0 Å². The Balaban J connectivity index is 2.19. The predicted molar refractivity (Wildman–Crippen MR) is 51.5 cm³/mol. The average Bonchev–Trinajstić information content (AvgIpc) is 2.52. The zero-order chi connectivity index (χ0) is 9.68. The summed E-state index contributed by atoms with van der Waals surface area (Å²) < 4.78 is 4.92. The van der Waals surface area contributed by atoms with Crippen LogP contribution in [0.5, 0.6) is 0 Å². The molecule has 0 aliphatic carbocycles. The quantitative estimate of drug-likeness (QED) is 0.618. The van der Waals surface area contributed by atoms with E-state index in [4.69, 9.17) is 4.74 Å². The lowest BCUT2D eigenvalue weighted by atomic mass is 10.1. The third-order valence-electron chi connectivity index (χ3n) is 2.58. The third-order valence-corrected chi connectivity index (χ3v) is 2.58. The summed E-state index contributed by atoms with van der Waals surface area (Å²) in [6, 6.07) is 0. The first-order chi connectivity index (χ1) is 6.26. The maximum Gasteiger partial charge on any atom is 0.306 e. The van der Waals surface area contributed by atoms with Crippen molar-refractivity contribution in [1.82, 2.24) is 4.90 Å². The largest absolute Gasteiger partial charge is 0.466 e. The van der Waals surface area contributed by atoms with Crippen LogP contribution in [0.3, 0.4) is 0 Å². The summed E-state index contributed by atoms with van der Waals surface area (Å²) in [5.74, 6) is 0.490. The van der Waals surface area contributed by atoms with E-state index < -0.39 is 0 Å². The Morgan fingerprint density at radius 1 is 1.54 bits per heavy atom. The molecule has 1 aliphatic rings. The highest BCUT2D eigenvalue weighted by Gasteiger charge is 2.23. The maximum absolute atomic E-state index is 11.2. The number of ether oxygens (including phenoxy) is 1. The van der Waals surface area contributed by atoms with Gasteiger partial charge in [-0.1, -0.05) is 6.92 Å². The number of esters is 1. The van der Waals surface area contributed by atoms with Gasteiger partial charge < -0.3 is 9.64 Å². The lowest BCUT2D eigenvalue weighted by Crippen LogP contribution is -2.21. The molecule has 13 heavy (non-hydrogen) atoms. The highest BCUT2D eigenvalue weighted by molar-refractivity contribution is 5.69. The van der Waals surface area contributed by atoms with Gasteiger partial charge in [-0.2, -0.15) is 0 Å². The molecule has 0 saturated carbocycles. The van der Waals surface area contributed by atoms with Crippen molar-refractivity contribution in [2.75, 3.05) is 26.2 Å². The average molecular weight is 185 g/mol. The van der Waals surface area contributed by atoms with Gasteiger partial charge in [0, 0.05) is 13.0 Å². The summed E-state index contributed by atoms with van der Waals surface area (Å²) in [5, 5.41) is 0. The Morgan fingerprint density at radius 2 is 2.31 bits per heavy atom. The van der Waals surface area contributed by atoms with Crippen LogP contribution in [0, 0.1) is 5.92 Å². The molecule has 0 aromatic heterocycles. The lowest BCUT2D eigenvalue weighted by molar-refractivity contribution is -0.144. The second-order valence-corrected chi connectivity index (χ2v) is 3.56. The first kappa shape index (κ1) is 10.5. The van der Waals surface area contributed by atoms with E-state index in [0.717, 1.165) is 26.1 Å². The molecule has 0 amide bonds. The second-order valence-electron chi connectivity index (χ2n) is 3.56. The molecule has 3 nitrogen and oxygen atoms in total. The van der Waals surface area contributed by atoms with Crippen LogP contribution in [0.4, 0.5) is 0 Å². The highest BCUT2D eigenvalue weighted by atomic mass is 16.5. The number of likely N-dealkylation sites (tertiary alicyclic amines) is 1. The fraction of sp³-hybridized carbons (Fsp3) is 0.900. The zero-order valence-electron chi connectivity index (χ0n) is 8.58. The Labute approximate surface area is 80.1 Å². The van der Waals surface area contributed by atoms with Crippen LogP contribution in [-0.4, -0.2) is 37.1 Å². The Morgan fingerprint density at radius 3 is 2.85 bits per heavy atom. The van der Waals surface area contributed by atoms with Crippen molar-refractivity contribution in [3.63, 3.8) is 0 Å². The standard InChI is InChI=1S/C10H19NO2/c1-3-11-6-5-9(8-11)7-10(12)13-4-2/h9H,3-8H2,1-2H3. The van der Waals surface area contributed by atoms with Crippen LogP contribution >= 0.6 is 0 Å². The van der Waals surface area contributed by atoms with Gasteiger partial charge >= 0.3 is 5.97 Å². The number of carbonyl (C=O) groups is 1. The van der Waals surface area contributed by atoms with Crippen LogP contribution in [0.1, 0.15) is 26.7 Å². The van der Waals surface area contributed by atoms with Crippen molar-refractivity contribution in [3.05, 3.63) is 0 Å². The molecule has 1 fully saturated rings. The van der Waals surface area contributed by atoms with E-state index in [2.05, 4.69) is 11.8 Å². The summed E-state index contributed by atoms with van der Waals surface area (Å²) in [5.41, 5.74) is 0. The second kappa shape index (κ2) is 5.22. The Bertz CT molecular complexity index is 170. The van der Waals surface area contributed by atoms with Gasteiger partial charge in [-0.25, -0.2) is 0 Å². The van der Waals surface area contributed by atoms with Gasteiger partial charge in [-0.05, 0) is 32.4 Å². The van der Waals surface area contributed by atoms with Gasteiger partial charge in [0.05, 0.1) is 6.61 Å². The molecule has 1 saturated heterocycles. The van der Waals surface area contributed by atoms with E-state index in [1.165, 1.54) is 0 Å². The van der Waals surface area contributed by atoms with Crippen LogP contribution in [0.15, 0.2) is 0 Å². The van der Waals surface area contributed by atoms with E-state index in [9.17, 15) is 4.79 Å². The predicted octanol–water partition coefficient (Wildman–Crippen LogP) is 1.28. The first-order valence-corrected chi connectivity index (χ1v) is 5.14. The van der Waals surface area contributed by atoms with Gasteiger partial charge in [-0.15, -0.1) is 0 Å². The molecule has 0 spiro atoms. The molecular formula is C10H19NO2. The fourth-order valence-electron chi connectivity index (χ4n) is 1.82. The zero-order valence-corrected chi connectivity index (χ0v) is 8.58. The highest BCUT2D eigenvalue weighted by Crippen LogP contribution is 2.19. The van der Waals surface area contributed by atoms with Crippen LogP contribution in [0.2, 0.25) is 0 Å². The van der Waals surface area contributed by atoms with Gasteiger partial charge in [0.2, 0.25) is 0 Å². The molecule has 0 aromatic rings. The van der Waals surface area contributed by atoms with Crippen LogP contribution < -0.4 is 0 Å². The van der Waals surface area contributed by atoms with E-state index in [1.54, 1.807) is 0 Å².